The van der Waals surface area contributed by atoms with E-state index in [-0.39, 0.29) is 5.91 Å². The third kappa shape index (κ3) is 3.73. The summed E-state index contributed by atoms with van der Waals surface area (Å²) in [5, 5.41) is 9.95. The third-order valence-electron chi connectivity index (χ3n) is 4.52. The van der Waals surface area contributed by atoms with Crippen LogP contribution in [0, 0.1) is 5.41 Å². The van der Waals surface area contributed by atoms with Crippen molar-refractivity contribution in [2.45, 2.75) is 33.2 Å². The van der Waals surface area contributed by atoms with Crippen LogP contribution >= 0.6 is 0 Å². The van der Waals surface area contributed by atoms with Crippen molar-refractivity contribution in [1.82, 2.24) is 20.5 Å². The lowest BCUT2D eigenvalue weighted by Gasteiger charge is -2.28. The standard InChI is InChI=1S/C17H25N5O2/c1-4-17(5-2,11-18)16(23)19-10-14-20-15(22-21-14)12-6-8-13(24-3)9-7-12/h6-9H,4-5,10-11,18H2,1-3H3,(H,19,23)(H,20,21,22). The number of amides is 1. The number of aromatic amines is 1. The van der Waals surface area contributed by atoms with Crippen LogP contribution in [0.3, 0.4) is 0 Å². The van der Waals surface area contributed by atoms with E-state index in [9.17, 15) is 4.79 Å². The highest BCUT2D eigenvalue weighted by atomic mass is 16.5. The predicted molar refractivity (Wildman–Crippen MR) is 92.3 cm³/mol. The molecule has 1 aromatic heterocycles. The van der Waals surface area contributed by atoms with Gasteiger partial charge < -0.3 is 15.8 Å². The minimum atomic E-state index is -0.515. The number of hydrogen-bond acceptors (Lipinski definition) is 5. The number of rotatable bonds is 8. The quantitative estimate of drug-likeness (QED) is 0.684. The summed E-state index contributed by atoms with van der Waals surface area (Å²) in [6.45, 7) is 4.58. The Morgan fingerprint density at radius 1 is 1.29 bits per heavy atom. The van der Waals surface area contributed by atoms with Gasteiger partial charge in [0.1, 0.15) is 11.6 Å². The second-order valence-electron chi connectivity index (χ2n) is 5.71. The first-order valence-electron chi connectivity index (χ1n) is 8.12. The van der Waals surface area contributed by atoms with Gasteiger partial charge in [-0.3, -0.25) is 9.89 Å². The van der Waals surface area contributed by atoms with Crippen molar-refractivity contribution in [3.8, 4) is 17.1 Å². The second-order valence-corrected chi connectivity index (χ2v) is 5.71. The molecule has 1 aromatic carbocycles. The van der Waals surface area contributed by atoms with Gasteiger partial charge in [0, 0.05) is 12.1 Å². The molecular weight excluding hydrogens is 306 g/mol. The van der Waals surface area contributed by atoms with E-state index in [0.29, 0.717) is 37.6 Å². The van der Waals surface area contributed by atoms with Gasteiger partial charge in [0.2, 0.25) is 5.91 Å². The second kappa shape index (κ2) is 7.92. The highest BCUT2D eigenvalue weighted by molar-refractivity contribution is 5.82. The molecule has 0 atom stereocenters. The molecule has 0 radical (unpaired) electrons. The third-order valence-corrected chi connectivity index (χ3v) is 4.52. The van der Waals surface area contributed by atoms with Crippen LogP contribution in [-0.4, -0.2) is 34.7 Å². The van der Waals surface area contributed by atoms with E-state index >= 15 is 0 Å². The Morgan fingerprint density at radius 2 is 1.96 bits per heavy atom. The minimum absolute atomic E-state index is 0.0441. The molecule has 4 N–H and O–H groups in total. The van der Waals surface area contributed by atoms with E-state index in [1.165, 1.54) is 0 Å². The van der Waals surface area contributed by atoms with Crippen molar-refractivity contribution in [3.63, 3.8) is 0 Å². The summed E-state index contributed by atoms with van der Waals surface area (Å²) < 4.78 is 5.13. The maximum Gasteiger partial charge on any atom is 0.227 e. The monoisotopic (exact) mass is 331 g/mol. The first-order chi connectivity index (χ1) is 11.6. The Labute approximate surface area is 142 Å². The molecule has 1 heterocycles. The van der Waals surface area contributed by atoms with E-state index in [1.807, 2.05) is 38.1 Å². The van der Waals surface area contributed by atoms with Crippen molar-refractivity contribution in [3.05, 3.63) is 30.1 Å². The predicted octanol–water partition coefficient (Wildman–Crippen LogP) is 1.86. The molecule has 24 heavy (non-hydrogen) atoms. The first kappa shape index (κ1) is 17.9. The molecule has 130 valence electrons. The lowest BCUT2D eigenvalue weighted by atomic mass is 9.81. The van der Waals surface area contributed by atoms with Crippen molar-refractivity contribution in [2.24, 2.45) is 11.1 Å². The van der Waals surface area contributed by atoms with Gasteiger partial charge >= 0.3 is 0 Å². The van der Waals surface area contributed by atoms with Crippen LogP contribution in [0.2, 0.25) is 0 Å². The highest BCUT2D eigenvalue weighted by Gasteiger charge is 2.33. The number of aromatic nitrogens is 3. The minimum Gasteiger partial charge on any atom is -0.497 e. The summed E-state index contributed by atoms with van der Waals surface area (Å²) in [6.07, 6.45) is 1.42. The number of hydrogen-bond donors (Lipinski definition) is 3. The van der Waals surface area contributed by atoms with Crippen LogP contribution in [0.15, 0.2) is 24.3 Å². The SMILES string of the molecule is CCC(CC)(CN)C(=O)NCc1nc(-c2ccc(OC)cc2)n[nH]1. The van der Waals surface area contributed by atoms with Gasteiger partial charge in [0.15, 0.2) is 5.82 Å². The largest absolute Gasteiger partial charge is 0.497 e. The number of H-pyrrole nitrogens is 1. The summed E-state index contributed by atoms with van der Waals surface area (Å²) in [5.41, 5.74) is 6.16. The summed E-state index contributed by atoms with van der Waals surface area (Å²) in [4.78, 5) is 16.8. The summed E-state index contributed by atoms with van der Waals surface area (Å²) >= 11 is 0. The summed E-state index contributed by atoms with van der Waals surface area (Å²) in [5.74, 6) is 1.92. The van der Waals surface area contributed by atoms with Gasteiger partial charge in [0.25, 0.3) is 0 Å². The number of carbonyl (C=O) groups is 1. The first-order valence-corrected chi connectivity index (χ1v) is 8.12. The van der Waals surface area contributed by atoms with E-state index in [0.717, 1.165) is 11.3 Å². The van der Waals surface area contributed by atoms with Crippen LogP contribution in [0.4, 0.5) is 0 Å². The molecule has 7 nitrogen and oxygen atoms in total. The molecule has 0 aliphatic rings. The molecule has 7 heteroatoms. The van der Waals surface area contributed by atoms with Crippen molar-refractivity contribution in [2.75, 3.05) is 13.7 Å². The molecule has 2 rings (SSSR count). The fraction of sp³-hybridized carbons (Fsp3) is 0.471. The van der Waals surface area contributed by atoms with Gasteiger partial charge in [-0.25, -0.2) is 4.98 Å². The average Bonchev–Trinajstić information content (AvgIpc) is 3.11. The zero-order valence-electron chi connectivity index (χ0n) is 14.4. The number of benzene rings is 1. The number of carbonyl (C=O) groups excluding carboxylic acids is 1. The van der Waals surface area contributed by atoms with Gasteiger partial charge in [-0.05, 0) is 37.1 Å². The Balaban J connectivity index is 2.02. The fourth-order valence-corrected chi connectivity index (χ4v) is 2.55. The molecule has 0 aliphatic heterocycles. The van der Waals surface area contributed by atoms with Crippen LogP contribution in [-0.2, 0) is 11.3 Å². The normalized spacial score (nSPS) is 11.3. The van der Waals surface area contributed by atoms with Crippen molar-refractivity contribution < 1.29 is 9.53 Å². The molecule has 2 aromatic rings. The van der Waals surface area contributed by atoms with Crippen molar-refractivity contribution >= 4 is 5.91 Å². The average molecular weight is 331 g/mol. The van der Waals surface area contributed by atoms with Gasteiger partial charge in [-0.1, -0.05) is 13.8 Å². The zero-order valence-corrected chi connectivity index (χ0v) is 14.4. The maximum absolute atomic E-state index is 12.4. The Hall–Kier alpha value is -2.41. The van der Waals surface area contributed by atoms with E-state index in [2.05, 4.69) is 20.5 Å². The highest BCUT2D eigenvalue weighted by Crippen LogP contribution is 2.25. The molecule has 0 saturated carbocycles. The van der Waals surface area contributed by atoms with Crippen LogP contribution in [0.25, 0.3) is 11.4 Å². The van der Waals surface area contributed by atoms with Crippen molar-refractivity contribution in [1.29, 1.82) is 0 Å². The molecular formula is C17H25N5O2. The van der Waals surface area contributed by atoms with Crippen LogP contribution in [0.5, 0.6) is 5.75 Å². The molecule has 0 fully saturated rings. The number of methoxy groups -OCH3 is 1. The molecule has 0 saturated heterocycles. The lowest BCUT2D eigenvalue weighted by Crippen LogP contribution is -2.45. The van der Waals surface area contributed by atoms with Crippen LogP contribution < -0.4 is 15.8 Å². The molecule has 0 spiro atoms. The lowest BCUT2D eigenvalue weighted by molar-refractivity contribution is -0.131. The number of nitrogens with two attached hydrogens (primary N) is 1. The number of nitrogens with zero attached hydrogens (tertiary/aromatic N) is 2. The van der Waals surface area contributed by atoms with Crippen LogP contribution in [0.1, 0.15) is 32.5 Å². The Bertz CT molecular complexity index is 654. The Morgan fingerprint density at radius 3 is 2.50 bits per heavy atom. The Kier molecular flexibility index (Phi) is 5.92. The maximum atomic E-state index is 12.4. The van der Waals surface area contributed by atoms with E-state index < -0.39 is 5.41 Å². The summed E-state index contributed by atoms with van der Waals surface area (Å²) in [6, 6.07) is 7.48. The number of ether oxygens (including phenoxy) is 1. The summed E-state index contributed by atoms with van der Waals surface area (Å²) in [7, 11) is 1.62. The molecule has 0 unspecified atom stereocenters. The molecule has 0 bridgehead atoms. The fourth-order valence-electron chi connectivity index (χ4n) is 2.55. The molecule has 1 amide bonds. The topological polar surface area (TPSA) is 106 Å². The van der Waals surface area contributed by atoms with Gasteiger partial charge in [-0.15, -0.1) is 0 Å². The van der Waals surface area contributed by atoms with E-state index in [4.69, 9.17) is 10.5 Å². The smallest absolute Gasteiger partial charge is 0.227 e. The molecule has 0 aliphatic carbocycles. The van der Waals surface area contributed by atoms with Gasteiger partial charge in [-0.2, -0.15) is 5.10 Å². The van der Waals surface area contributed by atoms with E-state index in [1.54, 1.807) is 7.11 Å². The zero-order chi connectivity index (χ0) is 17.6. The van der Waals surface area contributed by atoms with Gasteiger partial charge in [0.05, 0.1) is 19.1 Å². The number of nitrogens with one attached hydrogen (secondary N) is 2.